The van der Waals surface area contributed by atoms with Crippen molar-refractivity contribution in [2.45, 2.75) is 13.8 Å². The molecule has 0 bridgehead atoms. The first-order valence-corrected chi connectivity index (χ1v) is 6.51. The molecule has 1 saturated heterocycles. The summed E-state index contributed by atoms with van der Waals surface area (Å²) in [5, 5.41) is 0. The summed E-state index contributed by atoms with van der Waals surface area (Å²) in [6.07, 6.45) is 2.68. The summed E-state index contributed by atoms with van der Waals surface area (Å²) < 4.78 is 5.07. The van der Waals surface area contributed by atoms with Crippen LogP contribution in [0.4, 0.5) is 0 Å². The van der Waals surface area contributed by atoms with Gasteiger partial charge in [-0.2, -0.15) is 0 Å². The highest BCUT2D eigenvalue weighted by Gasteiger charge is 2.12. The smallest absolute Gasteiger partial charge is 0.246 e. The van der Waals surface area contributed by atoms with Crippen LogP contribution in [0.3, 0.4) is 0 Å². The maximum atomic E-state index is 10.9. The minimum atomic E-state index is 0.00306. The Hall–Kier alpha value is -1.62. The molecule has 19 heavy (non-hydrogen) atoms. The molecule has 0 atom stereocenters. The van der Waals surface area contributed by atoms with Crippen LogP contribution in [-0.2, 0) is 14.3 Å². The second kappa shape index (κ2) is 10.3. The van der Waals surface area contributed by atoms with E-state index in [9.17, 15) is 9.59 Å². The predicted octanol–water partition coefficient (Wildman–Crippen LogP) is 1.07. The zero-order valence-corrected chi connectivity index (χ0v) is 11.9. The second-order valence-electron chi connectivity index (χ2n) is 3.86. The molecule has 1 rings (SSSR count). The number of rotatable bonds is 4. The molecule has 0 radical (unpaired) electrons. The van der Waals surface area contributed by atoms with Crippen LogP contribution in [0.15, 0.2) is 25.3 Å². The molecule has 1 fully saturated rings. The topological polar surface area (TPSA) is 49.9 Å². The largest absolute Gasteiger partial charge is 0.378 e. The molecule has 0 saturated carbocycles. The third kappa shape index (κ3) is 6.76. The van der Waals surface area contributed by atoms with Gasteiger partial charge in [-0.25, -0.2) is 0 Å². The number of carbonyl (C=O) groups is 2. The molecule has 0 spiro atoms. The molecule has 5 nitrogen and oxygen atoms in total. The van der Waals surface area contributed by atoms with Gasteiger partial charge in [-0.3, -0.25) is 9.59 Å². The number of nitrogens with zero attached hydrogens (tertiary/aromatic N) is 2. The number of hydrogen-bond acceptors (Lipinski definition) is 3. The quantitative estimate of drug-likeness (QED) is 0.717. The van der Waals surface area contributed by atoms with Crippen LogP contribution < -0.4 is 0 Å². The zero-order valence-electron chi connectivity index (χ0n) is 11.9. The summed E-state index contributed by atoms with van der Waals surface area (Å²) in [5.74, 6) is 0.0169. The lowest BCUT2D eigenvalue weighted by Crippen LogP contribution is -2.39. The summed E-state index contributed by atoms with van der Waals surface area (Å²) in [6.45, 7) is 14.9. The van der Waals surface area contributed by atoms with Gasteiger partial charge in [-0.15, -0.1) is 0 Å². The Morgan fingerprint density at radius 3 is 2.00 bits per heavy atom. The lowest BCUT2D eigenvalue weighted by atomic mass is 10.4. The van der Waals surface area contributed by atoms with E-state index in [0.717, 1.165) is 13.1 Å². The van der Waals surface area contributed by atoms with Crippen LogP contribution in [0.25, 0.3) is 0 Å². The third-order valence-corrected chi connectivity index (χ3v) is 2.75. The van der Waals surface area contributed by atoms with Crippen LogP contribution in [0.2, 0.25) is 0 Å². The third-order valence-electron chi connectivity index (χ3n) is 2.75. The highest BCUT2D eigenvalue weighted by Crippen LogP contribution is 1.96. The average molecular weight is 268 g/mol. The SMILES string of the molecule is C=CC(=O)N(CC)CC.C=CC(=O)N1CCOCC1. The monoisotopic (exact) mass is 268 g/mol. The van der Waals surface area contributed by atoms with Gasteiger partial charge in [0.2, 0.25) is 11.8 Å². The summed E-state index contributed by atoms with van der Waals surface area (Å²) in [5.41, 5.74) is 0. The average Bonchev–Trinajstić information content (AvgIpc) is 2.49. The van der Waals surface area contributed by atoms with Crippen LogP contribution >= 0.6 is 0 Å². The number of carbonyl (C=O) groups excluding carboxylic acids is 2. The zero-order chi connectivity index (χ0) is 14.7. The Balaban J connectivity index is 0.000000344. The maximum Gasteiger partial charge on any atom is 0.246 e. The summed E-state index contributed by atoms with van der Waals surface area (Å²) in [7, 11) is 0. The van der Waals surface area contributed by atoms with Crippen molar-refractivity contribution in [3.05, 3.63) is 25.3 Å². The molecule has 0 aliphatic carbocycles. The van der Waals surface area contributed by atoms with E-state index in [1.165, 1.54) is 12.2 Å². The van der Waals surface area contributed by atoms with Gasteiger partial charge in [0.15, 0.2) is 0 Å². The van der Waals surface area contributed by atoms with Crippen molar-refractivity contribution in [2.24, 2.45) is 0 Å². The molecule has 2 amide bonds. The minimum Gasteiger partial charge on any atom is -0.378 e. The lowest BCUT2D eigenvalue weighted by molar-refractivity contribution is -0.130. The number of likely N-dealkylation sites (N-methyl/N-ethyl adjacent to an activating group) is 1. The molecule has 108 valence electrons. The van der Waals surface area contributed by atoms with Gasteiger partial charge in [0, 0.05) is 26.2 Å². The fraction of sp³-hybridized carbons (Fsp3) is 0.571. The molecule has 1 heterocycles. The van der Waals surface area contributed by atoms with Crippen molar-refractivity contribution in [3.63, 3.8) is 0 Å². The van der Waals surface area contributed by atoms with Crippen LogP contribution in [0.5, 0.6) is 0 Å². The number of ether oxygens (including phenoxy) is 1. The molecule has 1 aliphatic rings. The van der Waals surface area contributed by atoms with Gasteiger partial charge >= 0.3 is 0 Å². The molecule has 0 N–H and O–H groups in total. The molecule has 0 aromatic rings. The first-order chi connectivity index (χ1) is 9.10. The Morgan fingerprint density at radius 2 is 1.68 bits per heavy atom. The van der Waals surface area contributed by atoms with E-state index >= 15 is 0 Å². The van der Waals surface area contributed by atoms with Gasteiger partial charge in [-0.1, -0.05) is 13.2 Å². The molecular formula is C14H24N2O3. The summed E-state index contributed by atoms with van der Waals surface area (Å²) in [6, 6.07) is 0. The van der Waals surface area contributed by atoms with Crippen molar-refractivity contribution in [1.82, 2.24) is 9.80 Å². The van der Waals surface area contributed by atoms with Crippen molar-refractivity contribution >= 4 is 11.8 Å². The number of morpholine rings is 1. The van der Waals surface area contributed by atoms with Gasteiger partial charge in [0.25, 0.3) is 0 Å². The minimum absolute atomic E-state index is 0.00306. The second-order valence-corrected chi connectivity index (χ2v) is 3.86. The molecule has 5 heteroatoms. The summed E-state index contributed by atoms with van der Waals surface area (Å²) >= 11 is 0. The standard InChI is InChI=1S/C7H11NO2.C7H13NO/c1-2-7(9)8-3-5-10-6-4-8;1-4-7(9)8(5-2)6-3/h2H,1,3-6H2;4H,1,5-6H2,2-3H3. The highest BCUT2D eigenvalue weighted by molar-refractivity contribution is 5.87. The van der Waals surface area contributed by atoms with Gasteiger partial charge in [-0.05, 0) is 26.0 Å². The van der Waals surface area contributed by atoms with Crippen LogP contribution in [0.1, 0.15) is 13.8 Å². The Kier molecular flexibility index (Phi) is 9.44. The first kappa shape index (κ1) is 17.4. The van der Waals surface area contributed by atoms with Crippen molar-refractivity contribution in [2.75, 3.05) is 39.4 Å². The normalized spacial score (nSPS) is 13.9. The van der Waals surface area contributed by atoms with E-state index in [-0.39, 0.29) is 11.8 Å². The van der Waals surface area contributed by atoms with Crippen LogP contribution in [0, 0.1) is 0 Å². The molecular weight excluding hydrogens is 244 g/mol. The fourth-order valence-electron chi connectivity index (χ4n) is 1.58. The van der Waals surface area contributed by atoms with Gasteiger partial charge < -0.3 is 14.5 Å². The van der Waals surface area contributed by atoms with E-state index in [1.807, 2.05) is 13.8 Å². The van der Waals surface area contributed by atoms with Crippen molar-refractivity contribution < 1.29 is 14.3 Å². The Labute approximate surface area is 115 Å². The number of amides is 2. The summed E-state index contributed by atoms with van der Waals surface area (Å²) in [4.78, 5) is 25.1. The number of hydrogen-bond donors (Lipinski definition) is 0. The van der Waals surface area contributed by atoms with E-state index in [0.29, 0.717) is 26.3 Å². The van der Waals surface area contributed by atoms with Crippen LogP contribution in [-0.4, -0.2) is 61.0 Å². The van der Waals surface area contributed by atoms with Gasteiger partial charge in [0.1, 0.15) is 0 Å². The molecule has 1 aliphatic heterocycles. The molecule has 0 unspecified atom stereocenters. The predicted molar refractivity (Wildman–Crippen MR) is 75.7 cm³/mol. The van der Waals surface area contributed by atoms with Crippen molar-refractivity contribution in [3.8, 4) is 0 Å². The Bertz CT molecular complexity index is 306. The molecule has 0 aromatic carbocycles. The lowest BCUT2D eigenvalue weighted by Gasteiger charge is -2.25. The van der Waals surface area contributed by atoms with E-state index in [4.69, 9.17) is 4.74 Å². The highest BCUT2D eigenvalue weighted by atomic mass is 16.5. The van der Waals surface area contributed by atoms with Gasteiger partial charge in [0.05, 0.1) is 13.2 Å². The maximum absolute atomic E-state index is 10.9. The van der Waals surface area contributed by atoms with E-state index in [1.54, 1.807) is 9.80 Å². The fourth-order valence-corrected chi connectivity index (χ4v) is 1.58. The van der Waals surface area contributed by atoms with E-state index < -0.39 is 0 Å². The Morgan fingerprint density at radius 1 is 1.16 bits per heavy atom. The molecule has 0 aromatic heterocycles. The van der Waals surface area contributed by atoms with E-state index in [2.05, 4.69) is 13.2 Å². The first-order valence-electron chi connectivity index (χ1n) is 6.51. The van der Waals surface area contributed by atoms with Crippen molar-refractivity contribution in [1.29, 1.82) is 0 Å².